The SMILES string of the molecule is NC(=O)c1ccc(Oc2ccc(C(=O)NC3CC4CCC3N4)cc2)cc1. The number of amides is 2. The van der Waals surface area contributed by atoms with Crippen molar-refractivity contribution in [1.29, 1.82) is 0 Å². The molecule has 3 atom stereocenters. The zero-order valence-electron chi connectivity index (χ0n) is 14.3. The summed E-state index contributed by atoms with van der Waals surface area (Å²) in [5.41, 5.74) is 6.26. The highest BCUT2D eigenvalue weighted by molar-refractivity contribution is 5.94. The van der Waals surface area contributed by atoms with Gasteiger partial charge in [0.15, 0.2) is 0 Å². The smallest absolute Gasteiger partial charge is 0.251 e. The van der Waals surface area contributed by atoms with E-state index in [4.69, 9.17) is 10.5 Å². The maximum Gasteiger partial charge on any atom is 0.251 e. The van der Waals surface area contributed by atoms with Crippen molar-refractivity contribution in [2.24, 2.45) is 5.73 Å². The largest absolute Gasteiger partial charge is 0.457 e. The Morgan fingerprint density at radius 1 is 0.962 bits per heavy atom. The van der Waals surface area contributed by atoms with Gasteiger partial charge >= 0.3 is 0 Å². The van der Waals surface area contributed by atoms with Crippen molar-refractivity contribution in [1.82, 2.24) is 10.6 Å². The fraction of sp³-hybridized carbons (Fsp3) is 0.300. The van der Waals surface area contributed by atoms with Crippen LogP contribution in [-0.4, -0.2) is 29.9 Å². The molecule has 2 bridgehead atoms. The van der Waals surface area contributed by atoms with Gasteiger partial charge in [-0.3, -0.25) is 9.59 Å². The molecule has 2 aliphatic rings. The summed E-state index contributed by atoms with van der Waals surface area (Å²) in [6.45, 7) is 0. The van der Waals surface area contributed by atoms with Gasteiger partial charge in [-0.2, -0.15) is 0 Å². The third kappa shape index (κ3) is 3.41. The summed E-state index contributed by atoms with van der Waals surface area (Å²) >= 11 is 0. The minimum Gasteiger partial charge on any atom is -0.457 e. The predicted octanol–water partition coefficient (Wildman–Crippen LogP) is 2.20. The number of hydrogen-bond acceptors (Lipinski definition) is 4. The van der Waals surface area contributed by atoms with E-state index in [1.54, 1.807) is 48.5 Å². The molecule has 2 heterocycles. The van der Waals surface area contributed by atoms with Crippen molar-refractivity contribution < 1.29 is 14.3 Å². The fourth-order valence-electron chi connectivity index (χ4n) is 3.73. The standard InChI is InChI=1S/C20H21N3O3/c21-19(24)12-1-6-15(7-2-12)26-16-8-3-13(4-9-16)20(25)23-18-11-14-5-10-17(18)22-14/h1-4,6-9,14,17-18,22H,5,10-11H2,(H2,21,24)(H,23,25). The van der Waals surface area contributed by atoms with E-state index < -0.39 is 5.91 Å². The molecule has 0 spiro atoms. The van der Waals surface area contributed by atoms with Crippen LogP contribution < -0.4 is 21.1 Å². The minimum atomic E-state index is -0.474. The fourth-order valence-corrected chi connectivity index (χ4v) is 3.73. The van der Waals surface area contributed by atoms with Crippen molar-refractivity contribution in [2.75, 3.05) is 0 Å². The summed E-state index contributed by atoms with van der Waals surface area (Å²) in [5, 5.41) is 6.64. The molecule has 2 aromatic rings. The molecule has 0 radical (unpaired) electrons. The Balaban J connectivity index is 1.37. The topological polar surface area (TPSA) is 93.5 Å². The first-order valence-electron chi connectivity index (χ1n) is 8.83. The monoisotopic (exact) mass is 351 g/mol. The molecule has 0 saturated carbocycles. The van der Waals surface area contributed by atoms with E-state index in [1.807, 2.05) is 0 Å². The minimum absolute atomic E-state index is 0.0540. The number of ether oxygens (including phenoxy) is 1. The van der Waals surface area contributed by atoms with Gasteiger partial charge in [-0.15, -0.1) is 0 Å². The highest BCUT2D eigenvalue weighted by atomic mass is 16.5. The van der Waals surface area contributed by atoms with Gasteiger partial charge in [0, 0.05) is 29.3 Å². The molecule has 4 rings (SSSR count). The van der Waals surface area contributed by atoms with Crippen LogP contribution in [0.5, 0.6) is 11.5 Å². The molecule has 2 aromatic carbocycles. The zero-order chi connectivity index (χ0) is 18.1. The van der Waals surface area contributed by atoms with Crippen molar-refractivity contribution in [3.63, 3.8) is 0 Å². The van der Waals surface area contributed by atoms with Gasteiger partial charge in [0.25, 0.3) is 5.91 Å². The van der Waals surface area contributed by atoms with Crippen LogP contribution >= 0.6 is 0 Å². The average molecular weight is 351 g/mol. The van der Waals surface area contributed by atoms with Crippen molar-refractivity contribution in [2.45, 2.75) is 37.4 Å². The van der Waals surface area contributed by atoms with Crippen molar-refractivity contribution in [3.05, 3.63) is 59.7 Å². The first-order valence-corrected chi connectivity index (χ1v) is 8.83. The molecular weight excluding hydrogens is 330 g/mol. The summed E-state index contributed by atoms with van der Waals surface area (Å²) < 4.78 is 5.73. The predicted molar refractivity (Wildman–Crippen MR) is 97.3 cm³/mol. The van der Waals surface area contributed by atoms with E-state index in [2.05, 4.69) is 10.6 Å². The number of hydrogen-bond donors (Lipinski definition) is 3. The molecule has 0 aliphatic carbocycles. The molecule has 2 fully saturated rings. The molecule has 2 aliphatic heterocycles. The second-order valence-electron chi connectivity index (χ2n) is 6.88. The van der Waals surface area contributed by atoms with E-state index in [0.29, 0.717) is 34.7 Å². The maximum absolute atomic E-state index is 12.4. The number of rotatable bonds is 5. The Labute approximate surface area is 151 Å². The Morgan fingerprint density at radius 2 is 1.58 bits per heavy atom. The van der Waals surface area contributed by atoms with Gasteiger partial charge in [-0.05, 0) is 67.8 Å². The third-order valence-electron chi connectivity index (χ3n) is 5.11. The molecule has 6 heteroatoms. The first kappa shape index (κ1) is 16.6. The molecule has 134 valence electrons. The summed E-state index contributed by atoms with van der Waals surface area (Å²) in [5.74, 6) is 0.689. The Morgan fingerprint density at radius 3 is 2.08 bits per heavy atom. The summed E-state index contributed by atoms with van der Waals surface area (Å²) in [6, 6.07) is 14.8. The van der Waals surface area contributed by atoms with Gasteiger partial charge in [-0.1, -0.05) is 0 Å². The Bertz CT molecular complexity index is 817. The lowest BCUT2D eigenvalue weighted by Gasteiger charge is -2.21. The van der Waals surface area contributed by atoms with Gasteiger partial charge in [0.2, 0.25) is 5.91 Å². The van der Waals surface area contributed by atoms with Crippen LogP contribution in [0, 0.1) is 0 Å². The highest BCUT2D eigenvalue weighted by Gasteiger charge is 2.39. The van der Waals surface area contributed by atoms with Crippen LogP contribution in [-0.2, 0) is 0 Å². The van der Waals surface area contributed by atoms with Crippen LogP contribution in [0.15, 0.2) is 48.5 Å². The van der Waals surface area contributed by atoms with E-state index in [-0.39, 0.29) is 11.9 Å². The van der Waals surface area contributed by atoms with Gasteiger partial charge in [-0.25, -0.2) is 0 Å². The van der Waals surface area contributed by atoms with Crippen molar-refractivity contribution >= 4 is 11.8 Å². The van der Waals surface area contributed by atoms with E-state index in [1.165, 1.54) is 6.42 Å². The van der Waals surface area contributed by atoms with E-state index >= 15 is 0 Å². The molecule has 2 saturated heterocycles. The van der Waals surface area contributed by atoms with Gasteiger partial charge in [0.05, 0.1) is 0 Å². The lowest BCUT2D eigenvalue weighted by molar-refractivity contribution is 0.0930. The highest BCUT2D eigenvalue weighted by Crippen LogP contribution is 2.28. The van der Waals surface area contributed by atoms with Crippen LogP contribution in [0.1, 0.15) is 40.0 Å². The summed E-state index contributed by atoms with van der Waals surface area (Å²) in [7, 11) is 0. The molecule has 26 heavy (non-hydrogen) atoms. The second-order valence-corrected chi connectivity index (χ2v) is 6.88. The van der Waals surface area contributed by atoms with Crippen molar-refractivity contribution in [3.8, 4) is 11.5 Å². The van der Waals surface area contributed by atoms with Crippen LogP contribution in [0.25, 0.3) is 0 Å². The third-order valence-corrected chi connectivity index (χ3v) is 5.11. The number of primary amides is 1. The number of fused-ring (bicyclic) bond motifs is 2. The van der Waals surface area contributed by atoms with E-state index in [9.17, 15) is 9.59 Å². The molecule has 4 N–H and O–H groups in total. The number of benzene rings is 2. The number of nitrogens with two attached hydrogens (primary N) is 1. The van der Waals surface area contributed by atoms with Gasteiger partial charge < -0.3 is 21.1 Å². The number of carbonyl (C=O) groups excluding carboxylic acids is 2. The molecule has 2 amide bonds. The van der Waals surface area contributed by atoms with E-state index in [0.717, 1.165) is 12.8 Å². The molecule has 3 unspecified atom stereocenters. The maximum atomic E-state index is 12.4. The lowest BCUT2D eigenvalue weighted by atomic mass is 9.95. The lowest BCUT2D eigenvalue weighted by Crippen LogP contribution is -2.42. The Hall–Kier alpha value is -2.86. The normalized spacial score (nSPS) is 23.6. The first-order chi connectivity index (χ1) is 12.6. The quantitative estimate of drug-likeness (QED) is 0.770. The van der Waals surface area contributed by atoms with Crippen LogP contribution in [0.3, 0.4) is 0 Å². The summed E-state index contributed by atoms with van der Waals surface area (Å²) in [4.78, 5) is 23.5. The number of nitrogens with one attached hydrogen (secondary N) is 2. The summed E-state index contributed by atoms with van der Waals surface area (Å²) in [6.07, 6.45) is 3.36. The molecule has 0 aromatic heterocycles. The molecular formula is C20H21N3O3. The molecule has 6 nitrogen and oxygen atoms in total. The number of carbonyl (C=O) groups is 2. The van der Waals surface area contributed by atoms with Gasteiger partial charge in [0.1, 0.15) is 11.5 Å². The second kappa shape index (κ2) is 6.80. The van der Waals surface area contributed by atoms with Crippen LogP contribution in [0.2, 0.25) is 0 Å². The van der Waals surface area contributed by atoms with Crippen LogP contribution in [0.4, 0.5) is 0 Å². The average Bonchev–Trinajstić information content (AvgIpc) is 3.26. The Kier molecular flexibility index (Phi) is 4.34. The zero-order valence-corrected chi connectivity index (χ0v) is 14.3.